The molecule has 0 spiro atoms. The van der Waals surface area contributed by atoms with E-state index in [9.17, 15) is 14.9 Å². The zero-order valence-electron chi connectivity index (χ0n) is 15.7. The fourth-order valence-electron chi connectivity index (χ4n) is 2.60. The number of nitro groups is 1. The number of hydrogen-bond donors (Lipinski definition) is 0. The van der Waals surface area contributed by atoms with E-state index in [0.29, 0.717) is 16.5 Å². The smallest absolute Gasteiger partial charge is 0.273 e. The molecule has 0 aliphatic heterocycles. The van der Waals surface area contributed by atoms with Crippen molar-refractivity contribution >= 4 is 66.5 Å². The number of fused-ring (bicyclic) bond motifs is 1. The normalized spacial score (nSPS) is 11.5. The van der Waals surface area contributed by atoms with Crippen molar-refractivity contribution in [1.82, 2.24) is 4.98 Å². The van der Waals surface area contributed by atoms with E-state index < -0.39 is 10.8 Å². The Morgan fingerprint density at radius 2 is 2.03 bits per heavy atom. The molecule has 0 atom stereocenters. The third-order valence-corrected chi connectivity index (χ3v) is 5.58. The number of hydrogen-bond acceptors (Lipinski definition) is 7. The average Bonchev–Trinajstić information content (AvgIpc) is 3.42. The second-order valence-electron chi connectivity index (χ2n) is 6.20. The number of nitro benzene ring substituents is 1. The second kappa shape index (κ2) is 9.02. The predicted molar refractivity (Wildman–Crippen MR) is 123 cm³/mol. The maximum Gasteiger partial charge on any atom is 0.273 e. The minimum Gasteiger partial charge on any atom is -0.463 e. The highest BCUT2D eigenvalue weighted by molar-refractivity contribution is 9.10. The molecule has 2 heterocycles. The molecule has 4 aromatic rings. The number of amides is 1. The highest BCUT2D eigenvalue weighted by Gasteiger charge is 2.17. The van der Waals surface area contributed by atoms with Crippen LogP contribution in [-0.4, -0.2) is 22.0 Å². The molecule has 1 amide bonds. The maximum atomic E-state index is 12.9. The molecular formula is C21H13BrN4O4S. The summed E-state index contributed by atoms with van der Waals surface area (Å²) in [7, 11) is 0. The average molecular weight is 497 g/mol. The number of anilines is 1. The van der Waals surface area contributed by atoms with Gasteiger partial charge in [-0.2, -0.15) is 10.1 Å². The molecule has 0 aliphatic carbocycles. The Balaban J connectivity index is 1.63. The minimum atomic E-state index is -0.477. The van der Waals surface area contributed by atoms with Gasteiger partial charge in [0.15, 0.2) is 0 Å². The first-order valence-electron chi connectivity index (χ1n) is 8.90. The van der Waals surface area contributed by atoms with Crippen LogP contribution >= 0.6 is 27.3 Å². The van der Waals surface area contributed by atoms with E-state index in [2.05, 4.69) is 26.0 Å². The van der Waals surface area contributed by atoms with Crippen molar-refractivity contribution < 1.29 is 14.1 Å². The van der Waals surface area contributed by atoms with Crippen LogP contribution in [0.1, 0.15) is 11.3 Å². The summed E-state index contributed by atoms with van der Waals surface area (Å²) in [5.41, 5.74) is 1.37. The number of aromatic nitrogens is 1. The lowest BCUT2D eigenvalue weighted by Crippen LogP contribution is -2.23. The van der Waals surface area contributed by atoms with Gasteiger partial charge in [0.1, 0.15) is 5.76 Å². The number of nitrogens with zero attached hydrogens (tertiary/aromatic N) is 4. The molecule has 10 heteroatoms. The summed E-state index contributed by atoms with van der Waals surface area (Å²) < 4.78 is 7.06. The van der Waals surface area contributed by atoms with E-state index in [4.69, 9.17) is 4.42 Å². The fraction of sp³-hybridized carbons (Fsp3) is 0. The van der Waals surface area contributed by atoms with Gasteiger partial charge in [-0.3, -0.25) is 14.9 Å². The summed E-state index contributed by atoms with van der Waals surface area (Å²) >= 11 is 4.75. The summed E-state index contributed by atoms with van der Waals surface area (Å²) in [4.78, 5) is 27.8. The monoisotopic (exact) mass is 496 g/mol. The number of halogens is 1. The zero-order chi connectivity index (χ0) is 21.8. The van der Waals surface area contributed by atoms with Crippen LogP contribution in [0, 0.1) is 10.1 Å². The Labute approximate surface area is 188 Å². The van der Waals surface area contributed by atoms with Crippen molar-refractivity contribution in [3.63, 3.8) is 0 Å². The van der Waals surface area contributed by atoms with Gasteiger partial charge in [-0.25, -0.2) is 4.98 Å². The van der Waals surface area contributed by atoms with E-state index in [-0.39, 0.29) is 5.69 Å². The minimum absolute atomic E-state index is 0.0196. The summed E-state index contributed by atoms with van der Waals surface area (Å²) in [6, 6.07) is 15.0. The van der Waals surface area contributed by atoms with Crippen molar-refractivity contribution in [2.24, 2.45) is 5.10 Å². The molecule has 0 unspecified atom stereocenters. The number of hydrazone groups is 1. The van der Waals surface area contributed by atoms with Gasteiger partial charge in [0.25, 0.3) is 11.6 Å². The van der Waals surface area contributed by atoms with Crippen molar-refractivity contribution in [2.45, 2.75) is 0 Å². The number of carbonyl (C=O) groups is 1. The fourth-order valence-corrected chi connectivity index (χ4v) is 4.08. The van der Waals surface area contributed by atoms with E-state index in [1.54, 1.807) is 30.3 Å². The lowest BCUT2D eigenvalue weighted by atomic mass is 10.2. The summed E-state index contributed by atoms with van der Waals surface area (Å²) in [6.07, 6.45) is 5.84. The Morgan fingerprint density at radius 1 is 1.23 bits per heavy atom. The molecule has 0 N–H and O–H groups in total. The van der Waals surface area contributed by atoms with Crippen molar-refractivity contribution in [2.75, 3.05) is 5.01 Å². The van der Waals surface area contributed by atoms with Crippen molar-refractivity contribution in [1.29, 1.82) is 0 Å². The molecule has 0 fully saturated rings. The number of thiazole rings is 1. The molecular weight excluding hydrogens is 484 g/mol. The molecule has 31 heavy (non-hydrogen) atoms. The maximum absolute atomic E-state index is 12.9. The first-order valence-corrected chi connectivity index (χ1v) is 10.5. The standard InChI is InChI=1S/C21H13BrN4O4S/c22-15-6-9-18-19(12-15)31-21(24-18)25(23-13-17-2-1-11-30-17)20(27)10-5-14-3-7-16(8-4-14)26(28)29/h1-13H/b10-5+,23-13+. The van der Waals surface area contributed by atoms with Crippen LogP contribution in [0.2, 0.25) is 0 Å². The molecule has 0 aliphatic rings. The number of benzene rings is 2. The molecule has 2 aromatic carbocycles. The largest absolute Gasteiger partial charge is 0.463 e. The molecule has 0 radical (unpaired) electrons. The van der Waals surface area contributed by atoms with E-state index in [1.165, 1.54) is 47.0 Å². The first kappa shape index (κ1) is 20.6. The molecule has 0 saturated carbocycles. The molecule has 0 bridgehead atoms. The topological polar surface area (TPSA) is 102 Å². The SMILES string of the molecule is O=C(/C=C/c1ccc([N+](=O)[O-])cc1)N(/N=C/c1ccco1)c1nc2ccc(Br)cc2s1. The first-order chi connectivity index (χ1) is 15.0. The van der Waals surface area contributed by atoms with E-state index >= 15 is 0 Å². The van der Waals surface area contributed by atoms with Crippen LogP contribution in [-0.2, 0) is 4.79 Å². The molecule has 2 aromatic heterocycles. The van der Waals surface area contributed by atoms with Gasteiger partial charge in [-0.15, -0.1) is 0 Å². The predicted octanol–water partition coefficient (Wildman–Crippen LogP) is 5.64. The van der Waals surface area contributed by atoms with Crippen LogP contribution in [0.4, 0.5) is 10.8 Å². The number of rotatable bonds is 6. The van der Waals surface area contributed by atoms with Crippen LogP contribution in [0.5, 0.6) is 0 Å². The van der Waals surface area contributed by atoms with Crippen molar-refractivity contribution in [3.05, 3.63) is 92.8 Å². The number of non-ortho nitro benzene ring substituents is 1. The molecule has 4 rings (SSSR count). The van der Waals surface area contributed by atoms with Crippen LogP contribution < -0.4 is 5.01 Å². The lowest BCUT2D eigenvalue weighted by Gasteiger charge is -2.10. The molecule has 154 valence electrons. The van der Waals surface area contributed by atoms with Gasteiger partial charge in [-0.1, -0.05) is 27.3 Å². The van der Waals surface area contributed by atoms with Crippen molar-refractivity contribution in [3.8, 4) is 0 Å². The summed E-state index contributed by atoms with van der Waals surface area (Å²) in [5.74, 6) is 0.0558. The van der Waals surface area contributed by atoms with Gasteiger partial charge in [0.05, 0.1) is 27.6 Å². The Bertz CT molecular complexity index is 1300. The number of carbonyl (C=O) groups excluding carboxylic acids is 1. The Morgan fingerprint density at radius 3 is 2.74 bits per heavy atom. The van der Waals surface area contributed by atoms with Gasteiger partial charge < -0.3 is 4.42 Å². The second-order valence-corrected chi connectivity index (χ2v) is 8.13. The van der Waals surface area contributed by atoms with Crippen LogP contribution in [0.25, 0.3) is 16.3 Å². The highest BCUT2D eigenvalue weighted by Crippen LogP contribution is 2.31. The molecule has 0 saturated heterocycles. The molecule has 8 nitrogen and oxygen atoms in total. The quantitative estimate of drug-likeness (QED) is 0.149. The Hall–Kier alpha value is -3.63. The van der Waals surface area contributed by atoms with Gasteiger partial charge in [0, 0.05) is 22.7 Å². The third-order valence-electron chi connectivity index (χ3n) is 4.10. The van der Waals surface area contributed by atoms with Gasteiger partial charge in [-0.05, 0) is 54.1 Å². The highest BCUT2D eigenvalue weighted by atomic mass is 79.9. The van der Waals surface area contributed by atoms with E-state index in [0.717, 1.165) is 14.7 Å². The van der Waals surface area contributed by atoms with Gasteiger partial charge in [0.2, 0.25) is 5.13 Å². The Kier molecular flexibility index (Phi) is 6.01. The van der Waals surface area contributed by atoms with Crippen LogP contribution in [0.3, 0.4) is 0 Å². The lowest BCUT2D eigenvalue weighted by molar-refractivity contribution is -0.384. The van der Waals surface area contributed by atoms with E-state index in [1.807, 2.05) is 18.2 Å². The third kappa shape index (κ3) is 4.93. The van der Waals surface area contributed by atoms with Gasteiger partial charge >= 0.3 is 0 Å². The van der Waals surface area contributed by atoms with Crippen LogP contribution in [0.15, 0.2) is 80.9 Å². The zero-order valence-corrected chi connectivity index (χ0v) is 18.1. The summed E-state index contributed by atoms with van der Waals surface area (Å²) in [5, 5.41) is 16.6. The summed E-state index contributed by atoms with van der Waals surface area (Å²) in [6.45, 7) is 0. The number of furan rings is 1.